The summed E-state index contributed by atoms with van der Waals surface area (Å²) in [7, 11) is 0. The van der Waals surface area contributed by atoms with Gasteiger partial charge < -0.3 is 69.5 Å². The molecule has 3 rings (SSSR count). The van der Waals surface area contributed by atoms with Crippen LogP contribution in [0.4, 0.5) is 0 Å². The Morgan fingerprint density at radius 3 is 1.63 bits per heavy atom. The van der Waals surface area contributed by atoms with Crippen LogP contribution in [0.3, 0.4) is 0 Å². The highest BCUT2D eigenvalue weighted by Crippen LogP contribution is 2.21. The van der Waals surface area contributed by atoms with E-state index >= 15 is 0 Å². The highest BCUT2D eigenvalue weighted by atomic mass is 16.4. The standard InChI is InChI=1S/C53H81N11O12/c1-29(2)25-37(58-49(71)40-22-16-24-64(40)52(74)39(28-41(56)66)60-50(72)42(30(3)4)61-45(67)35(55)26-33-17-10-8-11-18-33)47(69)57-36(21-14-15-23-54)46(68)63-44(32(7)65)51(73)59-38(27-34-19-12-9-13-20-34)48(70)62-43(31(5)6)53(75)76/h8-13,17-20,29-32,35-40,42-44,65H,14-16,21-28,54-55H2,1-7H3,(H2,56,66)(H,57,69)(H,58,71)(H,59,73)(H,60,72)(H,61,67)(H,62,70)(H,63,68)(H,75,76)/t32-,35+,36+,37+,38+,39+,40+,42+,43+,44+/m1/s1. The third-order valence-corrected chi connectivity index (χ3v) is 12.9. The second kappa shape index (κ2) is 31.2. The molecule has 0 aliphatic carbocycles. The predicted molar refractivity (Wildman–Crippen MR) is 282 cm³/mol. The lowest BCUT2D eigenvalue weighted by Crippen LogP contribution is -2.62. The summed E-state index contributed by atoms with van der Waals surface area (Å²) in [5, 5.41) is 38.8. The van der Waals surface area contributed by atoms with Gasteiger partial charge in [0.1, 0.15) is 48.3 Å². The SMILES string of the molecule is CC(C)C[C@H](NC(=O)[C@@H]1CCCN1C(=O)[C@H](CC(N)=O)NC(=O)[C@@H](NC(=O)[C@@H](N)Cc1ccccc1)C(C)C)C(=O)N[C@@H](CCCCN)C(=O)N[C@H](C(=O)N[C@@H](Cc1ccccc1)C(=O)N[C@H](C(=O)O)C(C)C)[C@@H](C)O. The highest BCUT2D eigenvalue weighted by Gasteiger charge is 2.41. The number of hydrogen-bond donors (Lipinski definition) is 12. The molecule has 10 atom stereocenters. The molecule has 1 saturated heterocycles. The smallest absolute Gasteiger partial charge is 0.326 e. The van der Waals surface area contributed by atoms with Gasteiger partial charge in [-0.05, 0) is 87.3 Å². The molecule has 0 unspecified atom stereocenters. The van der Waals surface area contributed by atoms with Crippen molar-refractivity contribution in [1.29, 1.82) is 0 Å². The zero-order chi connectivity index (χ0) is 56.8. The number of carbonyl (C=O) groups is 10. The predicted octanol–water partition coefficient (Wildman–Crippen LogP) is -0.988. The normalized spacial score (nSPS) is 16.9. The number of amides is 9. The Bertz CT molecular complexity index is 2280. The van der Waals surface area contributed by atoms with Gasteiger partial charge in [0.15, 0.2) is 0 Å². The molecule has 2 aromatic rings. The molecule has 9 amide bonds. The number of carboxylic acids is 1. The number of aliphatic hydroxyl groups is 1. The summed E-state index contributed by atoms with van der Waals surface area (Å²) in [6.07, 6.45) is -0.738. The fourth-order valence-electron chi connectivity index (χ4n) is 8.67. The van der Waals surface area contributed by atoms with Gasteiger partial charge >= 0.3 is 5.97 Å². The van der Waals surface area contributed by atoms with Gasteiger partial charge in [0.25, 0.3) is 0 Å². The molecule has 1 aliphatic heterocycles. The Morgan fingerprint density at radius 2 is 1.11 bits per heavy atom. The molecule has 420 valence electrons. The first kappa shape index (κ1) is 63.3. The first-order chi connectivity index (χ1) is 35.8. The van der Waals surface area contributed by atoms with Crippen molar-refractivity contribution in [3.8, 4) is 0 Å². The van der Waals surface area contributed by atoms with Crippen LogP contribution in [0.25, 0.3) is 0 Å². The Morgan fingerprint density at radius 1 is 0.605 bits per heavy atom. The molecule has 15 N–H and O–H groups in total. The number of rotatable bonds is 31. The number of primary amides is 1. The van der Waals surface area contributed by atoms with Gasteiger partial charge in [-0.1, -0.05) is 102 Å². The lowest BCUT2D eigenvalue weighted by atomic mass is 10.00. The van der Waals surface area contributed by atoms with Crippen molar-refractivity contribution < 1.29 is 58.2 Å². The summed E-state index contributed by atoms with van der Waals surface area (Å²) in [6, 6.07) is 5.81. The maximum Gasteiger partial charge on any atom is 0.326 e. The van der Waals surface area contributed by atoms with Crippen LogP contribution >= 0.6 is 0 Å². The molecular formula is C53H81N11O12. The van der Waals surface area contributed by atoms with Gasteiger partial charge in [-0.2, -0.15) is 0 Å². The van der Waals surface area contributed by atoms with E-state index in [1.807, 2.05) is 18.2 Å². The quantitative estimate of drug-likeness (QED) is 0.0404. The maximum absolute atomic E-state index is 14.2. The summed E-state index contributed by atoms with van der Waals surface area (Å²) in [5.41, 5.74) is 18.9. The second-order valence-corrected chi connectivity index (χ2v) is 20.5. The van der Waals surface area contributed by atoms with E-state index in [0.717, 1.165) is 5.56 Å². The lowest BCUT2D eigenvalue weighted by Gasteiger charge is -2.31. The van der Waals surface area contributed by atoms with E-state index in [-0.39, 0.29) is 51.1 Å². The minimum Gasteiger partial charge on any atom is -0.480 e. The van der Waals surface area contributed by atoms with Crippen molar-refractivity contribution in [1.82, 2.24) is 42.1 Å². The molecule has 0 bridgehead atoms. The lowest BCUT2D eigenvalue weighted by molar-refractivity contribution is -0.143. The van der Waals surface area contributed by atoms with Gasteiger partial charge in [-0.3, -0.25) is 43.2 Å². The molecule has 0 aromatic heterocycles. The van der Waals surface area contributed by atoms with Crippen LogP contribution in [-0.2, 0) is 60.8 Å². The zero-order valence-electron chi connectivity index (χ0n) is 44.7. The van der Waals surface area contributed by atoms with Crippen molar-refractivity contribution in [2.24, 2.45) is 35.0 Å². The molecule has 76 heavy (non-hydrogen) atoms. The van der Waals surface area contributed by atoms with Gasteiger partial charge in [-0.25, -0.2) is 4.79 Å². The van der Waals surface area contributed by atoms with E-state index in [4.69, 9.17) is 17.2 Å². The first-order valence-electron chi connectivity index (χ1n) is 26.0. The summed E-state index contributed by atoms with van der Waals surface area (Å²) in [4.78, 5) is 137. The molecule has 0 saturated carbocycles. The summed E-state index contributed by atoms with van der Waals surface area (Å²) >= 11 is 0. The maximum atomic E-state index is 14.2. The van der Waals surface area contributed by atoms with Crippen LogP contribution in [0.5, 0.6) is 0 Å². The van der Waals surface area contributed by atoms with E-state index in [1.54, 1.807) is 84.0 Å². The molecule has 1 fully saturated rings. The Kier molecular flexibility index (Phi) is 26.0. The van der Waals surface area contributed by atoms with Gasteiger partial charge in [0, 0.05) is 13.0 Å². The van der Waals surface area contributed by atoms with Crippen LogP contribution in [-0.4, -0.2) is 148 Å². The van der Waals surface area contributed by atoms with Crippen LogP contribution in [0.1, 0.15) is 105 Å². The number of nitrogens with zero attached hydrogens (tertiary/aromatic N) is 1. The molecule has 23 heteroatoms. The van der Waals surface area contributed by atoms with Crippen molar-refractivity contribution in [3.63, 3.8) is 0 Å². The van der Waals surface area contributed by atoms with E-state index in [1.165, 1.54) is 11.8 Å². The molecule has 0 spiro atoms. The summed E-state index contributed by atoms with van der Waals surface area (Å²) in [6.45, 7) is 11.7. The average Bonchev–Trinajstić information content (AvgIpc) is 3.85. The largest absolute Gasteiger partial charge is 0.480 e. The number of unbranched alkanes of at least 4 members (excludes halogenated alkanes) is 1. The molecule has 1 aliphatic rings. The number of aliphatic hydroxyl groups excluding tert-OH is 1. The number of carboxylic acid groups (broad SMARTS) is 1. The highest BCUT2D eigenvalue weighted by molar-refractivity contribution is 5.99. The van der Waals surface area contributed by atoms with Crippen LogP contribution in [0, 0.1) is 17.8 Å². The minimum absolute atomic E-state index is 0.00972. The fourth-order valence-corrected chi connectivity index (χ4v) is 8.67. The van der Waals surface area contributed by atoms with E-state index in [2.05, 4.69) is 37.2 Å². The van der Waals surface area contributed by atoms with Crippen molar-refractivity contribution in [3.05, 3.63) is 71.8 Å². The zero-order valence-corrected chi connectivity index (χ0v) is 44.7. The van der Waals surface area contributed by atoms with Crippen LogP contribution in [0.2, 0.25) is 0 Å². The summed E-state index contributed by atoms with van der Waals surface area (Å²) < 4.78 is 0. The number of nitrogens with two attached hydrogens (primary N) is 3. The van der Waals surface area contributed by atoms with Gasteiger partial charge in [-0.15, -0.1) is 0 Å². The minimum atomic E-state index is -1.67. The van der Waals surface area contributed by atoms with E-state index in [0.29, 0.717) is 24.8 Å². The molecule has 23 nitrogen and oxygen atoms in total. The van der Waals surface area contributed by atoms with Crippen LogP contribution in [0.15, 0.2) is 60.7 Å². The van der Waals surface area contributed by atoms with Gasteiger partial charge in [0.2, 0.25) is 53.2 Å². The van der Waals surface area contributed by atoms with Crippen molar-refractivity contribution >= 4 is 59.1 Å². The first-order valence-corrected chi connectivity index (χ1v) is 26.0. The fraction of sp³-hybridized carbons (Fsp3) is 0.585. The third kappa shape index (κ3) is 20.3. The number of carbonyl (C=O) groups excluding carboxylic acids is 9. The topological polar surface area (TPSA) is 377 Å². The molecular weight excluding hydrogens is 983 g/mol. The van der Waals surface area contributed by atoms with E-state index < -0.39 is 138 Å². The number of hydrogen-bond acceptors (Lipinski definition) is 13. The second-order valence-electron chi connectivity index (χ2n) is 20.5. The molecule has 0 radical (unpaired) electrons. The average molecular weight is 1060 g/mol. The number of aliphatic carboxylic acids is 1. The molecule has 1 heterocycles. The van der Waals surface area contributed by atoms with E-state index in [9.17, 15) is 58.2 Å². The third-order valence-electron chi connectivity index (χ3n) is 12.9. The van der Waals surface area contributed by atoms with Gasteiger partial charge in [0.05, 0.1) is 18.6 Å². The van der Waals surface area contributed by atoms with Crippen molar-refractivity contribution in [2.75, 3.05) is 13.1 Å². The number of benzene rings is 2. The monoisotopic (exact) mass is 1060 g/mol. The van der Waals surface area contributed by atoms with Crippen molar-refractivity contribution in [2.45, 2.75) is 167 Å². The number of nitrogens with one attached hydrogen (secondary N) is 7. The Balaban J connectivity index is 1.82. The number of likely N-dealkylation sites (tertiary alicyclic amines) is 1. The Hall–Kier alpha value is -6.98. The van der Waals surface area contributed by atoms with Crippen LogP contribution < -0.4 is 54.4 Å². The summed E-state index contributed by atoms with van der Waals surface area (Å²) in [5.74, 6) is -9.84. The Labute approximate surface area is 444 Å². The molecule has 2 aromatic carbocycles.